The van der Waals surface area contributed by atoms with E-state index in [1.807, 2.05) is 12.1 Å². The fraction of sp³-hybridized carbons (Fsp3) is 0.429. The lowest BCUT2D eigenvalue weighted by Crippen LogP contribution is -2.56. The van der Waals surface area contributed by atoms with Crippen LogP contribution in [0.3, 0.4) is 0 Å². The van der Waals surface area contributed by atoms with E-state index in [1.54, 1.807) is 48.7 Å². The molecule has 0 unspecified atom stereocenters. The predicted octanol–water partition coefficient (Wildman–Crippen LogP) is 1.29. The molecular weight excluding hydrogens is 406 g/mol. The molecule has 158 valence electrons. The van der Waals surface area contributed by atoms with Crippen molar-refractivity contribution in [3.63, 3.8) is 0 Å². The first kappa shape index (κ1) is 19.5. The van der Waals surface area contributed by atoms with E-state index in [1.165, 1.54) is 4.31 Å². The van der Waals surface area contributed by atoms with Crippen LogP contribution < -0.4 is 4.74 Å². The maximum Gasteiger partial charge on any atom is 0.254 e. The first-order valence-corrected chi connectivity index (χ1v) is 11.4. The Morgan fingerprint density at radius 1 is 1.27 bits per heavy atom. The third-order valence-corrected chi connectivity index (χ3v) is 8.54. The van der Waals surface area contributed by atoms with Crippen molar-refractivity contribution in [3.05, 3.63) is 59.9 Å². The maximum absolute atomic E-state index is 13.3. The second-order valence-electron chi connectivity index (χ2n) is 8.12. The number of rotatable bonds is 4. The lowest BCUT2D eigenvalue weighted by molar-refractivity contribution is -0.0980. The number of aromatic nitrogens is 1. The summed E-state index contributed by atoms with van der Waals surface area (Å²) >= 11 is 0. The number of ether oxygens (including phenoxy) is 2. The summed E-state index contributed by atoms with van der Waals surface area (Å²) < 4.78 is 39.5. The van der Waals surface area contributed by atoms with Crippen LogP contribution in [0.25, 0.3) is 0 Å². The SMILES string of the molecule is COc1cccc(C(=O)N2C[C@H]3C[C@H]4[C@](C2)(CN(Cc2ccncc2)S4(=O)=O)O3)c1. The van der Waals surface area contributed by atoms with Gasteiger partial charge in [-0.1, -0.05) is 6.07 Å². The number of fused-ring (bicyclic) bond motifs is 1. The molecule has 1 aromatic heterocycles. The Balaban J connectivity index is 1.40. The molecule has 3 aliphatic rings. The number of likely N-dealkylation sites (tertiary alicyclic amines) is 1. The van der Waals surface area contributed by atoms with Gasteiger partial charge in [0.05, 0.1) is 19.8 Å². The quantitative estimate of drug-likeness (QED) is 0.728. The number of carbonyl (C=O) groups excluding carboxylic acids is 1. The van der Waals surface area contributed by atoms with Crippen LogP contribution in [0.5, 0.6) is 5.75 Å². The van der Waals surface area contributed by atoms with Crippen LogP contribution in [0, 0.1) is 0 Å². The summed E-state index contributed by atoms with van der Waals surface area (Å²) in [6.07, 6.45) is 3.45. The Hall–Kier alpha value is -2.49. The lowest BCUT2D eigenvalue weighted by Gasteiger charge is -2.39. The van der Waals surface area contributed by atoms with E-state index < -0.39 is 20.9 Å². The van der Waals surface area contributed by atoms with Crippen molar-refractivity contribution in [3.8, 4) is 5.75 Å². The zero-order chi connectivity index (χ0) is 20.9. The highest BCUT2D eigenvalue weighted by Gasteiger charge is 2.65. The zero-order valence-corrected chi connectivity index (χ0v) is 17.4. The van der Waals surface area contributed by atoms with Gasteiger partial charge in [0.2, 0.25) is 10.0 Å². The molecular formula is C21H23N3O5S. The van der Waals surface area contributed by atoms with Crippen molar-refractivity contribution >= 4 is 15.9 Å². The molecule has 3 saturated heterocycles. The van der Waals surface area contributed by atoms with Gasteiger partial charge in [0.1, 0.15) is 16.6 Å². The molecule has 1 spiro atoms. The summed E-state index contributed by atoms with van der Waals surface area (Å²) in [5.41, 5.74) is 0.517. The van der Waals surface area contributed by atoms with Crippen molar-refractivity contribution in [2.45, 2.75) is 29.9 Å². The minimum Gasteiger partial charge on any atom is -0.497 e. The minimum absolute atomic E-state index is 0.132. The summed E-state index contributed by atoms with van der Waals surface area (Å²) in [5, 5.41) is -0.625. The first-order chi connectivity index (χ1) is 14.4. The van der Waals surface area contributed by atoms with Gasteiger partial charge in [0, 0.05) is 37.6 Å². The van der Waals surface area contributed by atoms with Gasteiger partial charge in [0.25, 0.3) is 5.91 Å². The standard InChI is InChI=1S/C21H23N3O5S/c1-28-17-4-2-3-16(9-17)20(25)23-12-18-10-19-21(13-23,29-18)14-24(30(19,26)27)11-15-5-7-22-8-6-15/h2-9,18-19H,10-14H2,1H3/t18-,19+,21+/m1/s1. The topological polar surface area (TPSA) is 89.0 Å². The number of amides is 1. The van der Waals surface area contributed by atoms with Crippen molar-refractivity contribution in [2.75, 3.05) is 26.7 Å². The van der Waals surface area contributed by atoms with Crippen molar-refractivity contribution in [1.29, 1.82) is 0 Å². The number of sulfonamides is 1. The Labute approximate surface area is 175 Å². The fourth-order valence-electron chi connectivity index (χ4n) is 4.88. The Morgan fingerprint density at radius 2 is 2.07 bits per heavy atom. The normalized spacial score (nSPS) is 29.6. The van der Waals surface area contributed by atoms with Gasteiger partial charge in [-0.15, -0.1) is 0 Å². The Bertz CT molecular complexity index is 1080. The molecule has 2 aromatic rings. The van der Waals surface area contributed by atoms with E-state index in [-0.39, 0.29) is 31.6 Å². The van der Waals surface area contributed by atoms with E-state index in [0.717, 1.165) is 5.56 Å². The molecule has 8 nitrogen and oxygen atoms in total. The second kappa shape index (κ2) is 7.04. The number of hydrogen-bond donors (Lipinski definition) is 0. The predicted molar refractivity (Wildman–Crippen MR) is 108 cm³/mol. The van der Waals surface area contributed by atoms with Crippen LogP contribution in [0.15, 0.2) is 48.8 Å². The molecule has 2 bridgehead atoms. The molecule has 3 atom stereocenters. The third kappa shape index (κ3) is 3.08. The van der Waals surface area contributed by atoms with E-state index in [4.69, 9.17) is 9.47 Å². The number of methoxy groups -OCH3 is 1. The van der Waals surface area contributed by atoms with Crippen LogP contribution in [0.1, 0.15) is 22.3 Å². The van der Waals surface area contributed by atoms with Crippen LogP contribution in [-0.2, 0) is 21.3 Å². The van der Waals surface area contributed by atoms with E-state index in [9.17, 15) is 13.2 Å². The van der Waals surface area contributed by atoms with Gasteiger partial charge in [-0.05, 0) is 42.3 Å². The van der Waals surface area contributed by atoms with Gasteiger partial charge in [-0.25, -0.2) is 8.42 Å². The van der Waals surface area contributed by atoms with Crippen LogP contribution >= 0.6 is 0 Å². The zero-order valence-electron chi connectivity index (χ0n) is 16.6. The van der Waals surface area contributed by atoms with E-state index in [0.29, 0.717) is 24.3 Å². The highest BCUT2D eigenvalue weighted by Crippen LogP contribution is 2.47. The summed E-state index contributed by atoms with van der Waals surface area (Å²) in [6.45, 7) is 1.19. The monoisotopic (exact) mass is 429 g/mol. The van der Waals surface area contributed by atoms with Gasteiger partial charge in [0.15, 0.2) is 0 Å². The van der Waals surface area contributed by atoms with Crippen LogP contribution in [0.2, 0.25) is 0 Å². The first-order valence-electron chi connectivity index (χ1n) is 9.90. The molecule has 1 amide bonds. The average Bonchev–Trinajstić information content (AvgIpc) is 3.13. The summed E-state index contributed by atoms with van der Waals surface area (Å²) in [6, 6.07) is 10.6. The van der Waals surface area contributed by atoms with Gasteiger partial charge in [-0.3, -0.25) is 9.78 Å². The molecule has 4 heterocycles. The summed E-state index contributed by atoms with van der Waals surface area (Å²) in [7, 11) is -1.96. The number of morpholine rings is 1. The Morgan fingerprint density at radius 3 is 2.83 bits per heavy atom. The number of carbonyl (C=O) groups is 1. The number of hydrogen-bond acceptors (Lipinski definition) is 6. The molecule has 5 rings (SSSR count). The smallest absolute Gasteiger partial charge is 0.254 e. The molecule has 0 radical (unpaired) electrons. The average molecular weight is 429 g/mol. The molecule has 9 heteroatoms. The molecule has 3 aliphatic heterocycles. The fourth-order valence-corrected chi connectivity index (χ4v) is 7.17. The highest BCUT2D eigenvalue weighted by molar-refractivity contribution is 7.90. The molecule has 1 aromatic carbocycles. The number of benzene rings is 1. The minimum atomic E-state index is -3.52. The van der Waals surface area contributed by atoms with Crippen molar-refractivity contribution < 1.29 is 22.7 Å². The summed E-state index contributed by atoms with van der Waals surface area (Å²) in [5.74, 6) is 0.479. The molecule has 0 N–H and O–H groups in total. The van der Waals surface area contributed by atoms with Gasteiger partial charge >= 0.3 is 0 Å². The van der Waals surface area contributed by atoms with Crippen molar-refractivity contribution in [2.24, 2.45) is 0 Å². The van der Waals surface area contributed by atoms with E-state index in [2.05, 4.69) is 4.98 Å². The second-order valence-corrected chi connectivity index (χ2v) is 10.2. The summed E-state index contributed by atoms with van der Waals surface area (Å²) in [4.78, 5) is 18.9. The van der Waals surface area contributed by atoms with Crippen molar-refractivity contribution in [1.82, 2.24) is 14.2 Å². The molecule has 30 heavy (non-hydrogen) atoms. The molecule has 3 fully saturated rings. The largest absolute Gasteiger partial charge is 0.497 e. The number of nitrogens with zero attached hydrogens (tertiary/aromatic N) is 3. The third-order valence-electron chi connectivity index (χ3n) is 6.22. The highest BCUT2D eigenvalue weighted by atomic mass is 32.2. The van der Waals surface area contributed by atoms with Gasteiger partial charge in [-0.2, -0.15) is 4.31 Å². The number of pyridine rings is 1. The van der Waals surface area contributed by atoms with E-state index >= 15 is 0 Å². The van der Waals surface area contributed by atoms with Crippen LogP contribution in [0.4, 0.5) is 0 Å². The van der Waals surface area contributed by atoms with Gasteiger partial charge < -0.3 is 14.4 Å². The molecule has 0 saturated carbocycles. The lowest BCUT2D eigenvalue weighted by atomic mass is 9.99. The maximum atomic E-state index is 13.3. The Kier molecular flexibility index (Phi) is 4.57. The molecule has 0 aliphatic carbocycles. The van der Waals surface area contributed by atoms with Crippen LogP contribution in [-0.4, -0.2) is 72.2 Å².